The van der Waals surface area contributed by atoms with Crippen LogP contribution in [0.5, 0.6) is 0 Å². The number of hydrogen-bond acceptors (Lipinski definition) is 3. The van der Waals surface area contributed by atoms with E-state index in [0.717, 1.165) is 0 Å². The minimum absolute atomic E-state index is 0.0400. The van der Waals surface area contributed by atoms with Gasteiger partial charge in [0.2, 0.25) is 5.91 Å². The van der Waals surface area contributed by atoms with E-state index in [1.165, 1.54) is 36.1 Å². The van der Waals surface area contributed by atoms with Gasteiger partial charge in [0.25, 0.3) is 0 Å². The lowest BCUT2D eigenvalue weighted by atomic mass is 9.99. The molecule has 1 heterocycles. The summed E-state index contributed by atoms with van der Waals surface area (Å²) in [5.74, 6) is 0.0400. The fraction of sp³-hybridized carbons (Fsp3) is 0.615. The lowest BCUT2D eigenvalue weighted by molar-refractivity contribution is -0.119. The molecule has 4 heteroatoms. The van der Waals surface area contributed by atoms with E-state index in [2.05, 4.69) is 23.6 Å². The van der Waals surface area contributed by atoms with Crippen LogP contribution in [0.3, 0.4) is 0 Å². The van der Waals surface area contributed by atoms with Crippen molar-refractivity contribution in [2.75, 3.05) is 13.6 Å². The highest BCUT2D eigenvalue weighted by atomic mass is 32.1. The normalized spacial score (nSPS) is 16.4. The third kappa shape index (κ3) is 3.07. The fourth-order valence-corrected chi connectivity index (χ4v) is 3.45. The highest BCUT2D eigenvalue weighted by Gasteiger charge is 2.16. The molecule has 2 rings (SSSR count). The van der Waals surface area contributed by atoms with Crippen LogP contribution in [0.25, 0.3) is 0 Å². The summed E-state index contributed by atoms with van der Waals surface area (Å²) in [5.41, 5.74) is 1.53. The second-order valence-electron chi connectivity index (χ2n) is 4.58. The molecule has 0 radical (unpaired) electrons. The standard InChI is InChI=1S/C13H20N2OS/c1-9(15-8-13(16)14-2)12-7-10-5-3-4-6-11(10)17-12/h7,9,15H,3-6,8H2,1-2H3,(H,14,16). The van der Waals surface area contributed by atoms with Crippen LogP contribution >= 0.6 is 11.3 Å². The smallest absolute Gasteiger partial charge is 0.233 e. The molecule has 0 spiro atoms. The van der Waals surface area contributed by atoms with Gasteiger partial charge in [-0.15, -0.1) is 11.3 Å². The first-order valence-corrected chi connectivity index (χ1v) is 7.08. The van der Waals surface area contributed by atoms with Crippen molar-refractivity contribution in [2.24, 2.45) is 0 Å². The van der Waals surface area contributed by atoms with Crippen molar-refractivity contribution in [3.05, 3.63) is 21.4 Å². The number of thiophene rings is 1. The molecule has 0 saturated heterocycles. The summed E-state index contributed by atoms with van der Waals surface area (Å²) < 4.78 is 0. The van der Waals surface area contributed by atoms with E-state index in [0.29, 0.717) is 6.54 Å². The molecule has 1 aromatic rings. The molecule has 2 N–H and O–H groups in total. The number of carbonyl (C=O) groups is 1. The molecule has 0 aliphatic heterocycles. The Bertz CT molecular complexity index is 377. The molecule has 1 aliphatic rings. The van der Waals surface area contributed by atoms with E-state index >= 15 is 0 Å². The Balaban J connectivity index is 1.96. The molecule has 0 fully saturated rings. The predicted molar refractivity (Wildman–Crippen MR) is 71.4 cm³/mol. The lowest BCUT2D eigenvalue weighted by Gasteiger charge is -2.10. The van der Waals surface area contributed by atoms with Gasteiger partial charge in [0.05, 0.1) is 6.54 Å². The Kier molecular flexibility index (Phi) is 4.18. The summed E-state index contributed by atoms with van der Waals surface area (Å²) in [4.78, 5) is 14.1. The van der Waals surface area contributed by atoms with Crippen LogP contribution in [-0.4, -0.2) is 19.5 Å². The van der Waals surface area contributed by atoms with Gasteiger partial charge in [-0.1, -0.05) is 0 Å². The SMILES string of the molecule is CNC(=O)CNC(C)c1cc2c(s1)CCCC2. The summed E-state index contributed by atoms with van der Waals surface area (Å²) >= 11 is 1.91. The van der Waals surface area contributed by atoms with E-state index in [4.69, 9.17) is 0 Å². The molecule has 3 nitrogen and oxygen atoms in total. The van der Waals surface area contributed by atoms with Gasteiger partial charge in [0, 0.05) is 22.8 Å². The average molecular weight is 252 g/mol. The molecule has 1 aliphatic carbocycles. The molecule has 1 unspecified atom stereocenters. The number of hydrogen-bond donors (Lipinski definition) is 2. The largest absolute Gasteiger partial charge is 0.358 e. The molecule has 1 atom stereocenters. The maximum absolute atomic E-state index is 11.2. The highest BCUT2D eigenvalue weighted by molar-refractivity contribution is 7.12. The van der Waals surface area contributed by atoms with Crippen molar-refractivity contribution in [1.29, 1.82) is 0 Å². The lowest BCUT2D eigenvalue weighted by Crippen LogP contribution is -2.32. The Morgan fingerprint density at radius 3 is 2.94 bits per heavy atom. The molecule has 0 aromatic carbocycles. The van der Waals surface area contributed by atoms with E-state index in [-0.39, 0.29) is 11.9 Å². The van der Waals surface area contributed by atoms with Crippen LogP contribution in [0.2, 0.25) is 0 Å². The first-order chi connectivity index (χ1) is 8.20. The van der Waals surface area contributed by atoms with Gasteiger partial charge in [-0.2, -0.15) is 0 Å². The molecular weight excluding hydrogens is 232 g/mol. The number of rotatable bonds is 4. The molecular formula is C13H20N2OS. The Hall–Kier alpha value is -0.870. The predicted octanol–water partition coefficient (Wildman–Crippen LogP) is 2.02. The van der Waals surface area contributed by atoms with Gasteiger partial charge in [-0.25, -0.2) is 0 Å². The van der Waals surface area contributed by atoms with Crippen molar-refractivity contribution in [3.8, 4) is 0 Å². The summed E-state index contributed by atoms with van der Waals surface area (Å²) in [6.07, 6.45) is 5.12. The molecule has 1 amide bonds. The Morgan fingerprint density at radius 2 is 2.24 bits per heavy atom. The molecule has 1 aromatic heterocycles. The minimum atomic E-state index is 0.0400. The Morgan fingerprint density at radius 1 is 1.47 bits per heavy atom. The van der Waals surface area contributed by atoms with Gasteiger partial charge < -0.3 is 10.6 Å². The number of fused-ring (bicyclic) bond motifs is 1. The van der Waals surface area contributed by atoms with Gasteiger partial charge >= 0.3 is 0 Å². The number of aryl methyl sites for hydroxylation is 2. The maximum atomic E-state index is 11.2. The zero-order valence-electron chi connectivity index (χ0n) is 10.5. The van der Waals surface area contributed by atoms with Crippen molar-refractivity contribution in [2.45, 2.75) is 38.6 Å². The van der Waals surface area contributed by atoms with E-state index < -0.39 is 0 Å². The number of likely N-dealkylation sites (N-methyl/N-ethyl adjacent to an activating group) is 1. The van der Waals surface area contributed by atoms with E-state index in [1.54, 1.807) is 11.9 Å². The van der Waals surface area contributed by atoms with Crippen LogP contribution < -0.4 is 10.6 Å². The van der Waals surface area contributed by atoms with Crippen molar-refractivity contribution in [1.82, 2.24) is 10.6 Å². The zero-order valence-corrected chi connectivity index (χ0v) is 11.3. The summed E-state index contributed by atoms with van der Waals surface area (Å²) in [6, 6.07) is 2.59. The molecule has 0 bridgehead atoms. The van der Waals surface area contributed by atoms with E-state index in [1.807, 2.05) is 11.3 Å². The highest BCUT2D eigenvalue weighted by Crippen LogP contribution is 2.32. The van der Waals surface area contributed by atoms with Crippen LogP contribution in [0, 0.1) is 0 Å². The minimum Gasteiger partial charge on any atom is -0.358 e. The fourth-order valence-electron chi connectivity index (χ4n) is 2.16. The molecule has 94 valence electrons. The first-order valence-electron chi connectivity index (χ1n) is 6.26. The third-order valence-corrected chi connectivity index (χ3v) is 4.71. The summed E-state index contributed by atoms with van der Waals surface area (Å²) in [6.45, 7) is 2.51. The van der Waals surface area contributed by atoms with Crippen LogP contribution in [-0.2, 0) is 17.6 Å². The van der Waals surface area contributed by atoms with E-state index in [9.17, 15) is 4.79 Å². The monoisotopic (exact) mass is 252 g/mol. The maximum Gasteiger partial charge on any atom is 0.233 e. The van der Waals surface area contributed by atoms with Gasteiger partial charge in [0.15, 0.2) is 0 Å². The molecule has 0 saturated carbocycles. The quantitative estimate of drug-likeness (QED) is 0.861. The number of carbonyl (C=O) groups excluding carboxylic acids is 1. The number of nitrogens with one attached hydrogen (secondary N) is 2. The van der Waals surface area contributed by atoms with Gasteiger partial charge in [-0.05, 0) is 44.2 Å². The summed E-state index contributed by atoms with van der Waals surface area (Å²) in [5, 5.41) is 5.88. The average Bonchev–Trinajstić information content (AvgIpc) is 2.79. The summed E-state index contributed by atoms with van der Waals surface area (Å²) in [7, 11) is 1.67. The van der Waals surface area contributed by atoms with Crippen molar-refractivity contribution in [3.63, 3.8) is 0 Å². The van der Waals surface area contributed by atoms with Crippen molar-refractivity contribution < 1.29 is 4.79 Å². The van der Waals surface area contributed by atoms with Gasteiger partial charge in [0.1, 0.15) is 0 Å². The first kappa shape index (κ1) is 12.6. The molecule has 17 heavy (non-hydrogen) atoms. The Labute approximate surface area is 107 Å². The van der Waals surface area contributed by atoms with Crippen LogP contribution in [0.15, 0.2) is 6.07 Å². The van der Waals surface area contributed by atoms with Crippen LogP contribution in [0.1, 0.15) is 41.1 Å². The number of amides is 1. The zero-order chi connectivity index (χ0) is 12.3. The topological polar surface area (TPSA) is 41.1 Å². The van der Waals surface area contributed by atoms with Crippen LogP contribution in [0.4, 0.5) is 0 Å². The second-order valence-corrected chi connectivity index (χ2v) is 5.75. The third-order valence-electron chi connectivity index (χ3n) is 3.29. The second kappa shape index (κ2) is 5.65. The van der Waals surface area contributed by atoms with Gasteiger partial charge in [-0.3, -0.25) is 4.79 Å². The van der Waals surface area contributed by atoms with Crippen molar-refractivity contribution >= 4 is 17.2 Å².